The van der Waals surface area contributed by atoms with E-state index in [4.69, 9.17) is 47.4 Å². The highest BCUT2D eigenvalue weighted by atomic mass is 16.7. The Morgan fingerprint density at radius 1 is 0.885 bits per heavy atom. The van der Waals surface area contributed by atoms with Crippen LogP contribution in [0.15, 0.2) is 47.1 Å². The van der Waals surface area contributed by atoms with Gasteiger partial charge in [0.05, 0.1) is 49.3 Å². The first kappa shape index (κ1) is 46.9. The third-order valence-electron chi connectivity index (χ3n) is 14.4. The van der Waals surface area contributed by atoms with Crippen LogP contribution >= 0.6 is 0 Å². The molecule has 1 aliphatic carbocycles. The average Bonchev–Trinajstić information content (AvgIpc) is 3.56. The number of aliphatic hydroxyl groups excluding tert-OH is 2. The normalized spacial score (nSPS) is 47.3. The van der Waals surface area contributed by atoms with Gasteiger partial charge in [-0.2, -0.15) is 0 Å². The third-order valence-corrected chi connectivity index (χ3v) is 14.4. The average molecular weight is 861 g/mol. The van der Waals surface area contributed by atoms with Gasteiger partial charge in [-0.15, -0.1) is 0 Å². The van der Waals surface area contributed by atoms with Crippen LogP contribution in [0.4, 0.5) is 0 Å². The molecule has 1 unspecified atom stereocenters. The molecule has 6 aliphatic heterocycles. The van der Waals surface area contributed by atoms with Crippen molar-refractivity contribution in [3.05, 3.63) is 47.1 Å². The number of allylic oxidation sites excluding steroid dienone is 2. The molecule has 0 aromatic rings. The lowest BCUT2D eigenvalue weighted by Crippen LogP contribution is -2.58. The molecule has 1 spiro atoms. The molecule has 0 aromatic carbocycles. The van der Waals surface area contributed by atoms with Crippen LogP contribution in [0.25, 0.3) is 0 Å². The number of carbonyl (C=O) groups excluding carboxylic acids is 1. The van der Waals surface area contributed by atoms with Crippen molar-refractivity contribution in [2.24, 2.45) is 23.7 Å². The molecule has 5 saturated heterocycles. The van der Waals surface area contributed by atoms with Crippen molar-refractivity contribution in [3.63, 3.8) is 0 Å². The molecule has 0 radical (unpaired) electrons. The van der Waals surface area contributed by atoms with E-state index in [2.05, 4.69) is 40.7 Å². The van der Waals surface area contributed by atoms with Crippen LogP contribution in [0.1, 0.15) is 100 Å². The summed E-state index contributed by atoms with van der Waals surface area (Å²) in [6.07, 6.45) is 5.52. The van der Waals surface area contributed by atoms with Crippen molar-refractivity contribution in [2.75, 3.05) is 20.8 Å². The van der Waals surface area contributed by atoms with Crippen LogP contribution in [-0.4, -0.2) is 139 Å². The summed E-state index contributed by atoms with van der Waals surface area (Å²) < 4.78 is 63.7. The van der Waals surface area contributed by atoms with Gasteiger partial charge in [0.2, 0.25) is 0 Å². The molecule has 61 heavy (non-hydrogen) atoms. The lowest BCUT2D eigenvalue weighted by Gasteiger charge is -2.50. The fraction of sp³-hybridized carbons (Fsp3) is 0.809. The molecule has 0 saturated carbocycles. The second kappa shape index (κ2) is 19.2. The van der Waals surface area contributed by atoms with E-state index in [-0.39, 0.29) is 36.8 Å². The number of fused-ring (bicyclic) bond motifs is 2. The number of carbonyl (C=O) groups is 1. The minimum atomic E-state index is -1.82. The van der Waals surface area contributed by atoms with Gasteiger partial charge in [-0.25, -0.2) is 0 Å². The van der Waals surface area contributed by atoms with Crippen molar-refractivity contribution in [1.29, 1.82) is 0 Å². The van der Waals surface area contributed by atoms with E-state index in [1.54, 1.807) is 40.2 Å². The van der Waals surface area contributed by atoms with Gasteiger partial charge in [0.25, 0.3) is 0 Å². The summed E-state index contributed by atoms with van der Waals surface area (Å²) in [6.45, 7) is 16.2. The van der Waals surface area contributed by atoms with Gasteiger partial charge in [-0.05, 0) is 69.1 Å². The first-order valence-electron chi connectivity index (χ1n) is 22.6. The smallest absolute Gasteiger partial charge is 0.316 e. The fourth-order valence-corrected chi connectivity index (χ4v) is 10.8. The van der Waals surface area contributed by atoms with E-state index in [9.17, 15) is 20.1 Å². The SMILES string of the molecule is CO[C@H]1C[C@H](O[C@H]2[C@H](C)O[C@@H](O[C@@H]3C(C)=CC[C@@H]4C[C@@H](C[C@]5(CC[C@H](C)[C@@H](C(C)C)O5)O4)OC(=O)C4C=C(C)[C@@H](O)[C@H]5OCC(=CC=C[C@@H]3C)[C@@]45O)C[C@@H]2OC)O[C@@H](C)[C@@H]1O. The summed E-state index contributed by atoms with van der Waals surface area (Å²) >= 11 is 0. The molecule has 14 nitrogen and oxygen atoms in total. The predicted octanol–water partition coefficient (Wildman–Crippen LogP) is 5.21. The molecule has 3 N–H and O–H groups in total. The largest absolute Gasteiger partial charge is 0.462 e. The highest BCUT2D eigenvalue weighted by molar-refractivity contribution is 5.78. The monoisotopic (exact) mass is 860 g/mol. The molecule has 0 aromatic heterocycles. The minimum Gasteiger partial charge on any atom is -0.462 e. The molecule has 7 rings (SSSR count). The maximum atomic E-state index is 14.3. The van der Waals surface area contributed by atoms with E-state index in [1.807, 2.05) is 19.1 Å². The van der Waals surface area contributed by atoms with Crippen molar-refractivity contribution < 1.29 is 67.5 Å². The number of ether oxygens (including phenoxy) is 10. The Kier molecular flexibility index (Phi) is 14.8. The fourth-order valence-electron chi connectivity index (χ4n) is 10.8. The van der Waals surface area contributed by atoms with E-state index >= 15 is 0 Å². The van der Waals surface area contributed by atoms with E-state index < -0.39 is 90.8 Å². The number of esters is 1. The van der Waals surface area contributed by atoms with Crippen molar-refractivity contribution in [1.82, 2.24) is 0 Å². The van der Waals surface area contributed by atoms with Gasteiger partial charge in [0, 0.05) is 52.2 Å². The van der Waals surface area contributed by atoms with Gasteiger partial charge in [-0.1, -0.05) is 58.1 Å². The van der Waals surface area contributed by atoms with E-state index in [0.29, 0.717) is 55.6 Å². The topological polar surface area (TPSA) is 170 Å². The van der Waals surface area contributed by atoms with E-state index in [0.717, 1.165) is 12.0 Å². The second-order valence-electron chi connectivity index (χ2n) is 19.2. The first-order valence-corrected chi connectivity index (χ1v) is 22.6. The second-order valence-corrected chi connectivity index (χ2v) is 19.2. The Hall–Kier alpha value is -2.05. The molecule has 6 heterocycles. The van der Waals surface area contributed by atoms with Gasteiger partial charge in [0.1, 0.15) is 42.0 Å². The zero-order valence-corrected chi connectivity index (χ0v) is 37.8. The molecule has 0 amide bonds. The molecular formula is C47H72O14. The Balaban J connectivity index is 1.17. The van der Waals surface area contributed by atoms with Gasteiger partial charge in [-0.3, -0.25) is 4.79 Å². The van der Waals surface area contributed by atoms with Gasteiger partial charge >= 0.3 is 5.97 Å². The maximum absolute atomic E-state index is 14.3. The lowest BCUT2D eigenvalue weighted by atomic mass is 9.71. The van der Waals surface area contributed by atoms with Crippen LogP contribution in [0.5, 0.6) is 0 Å². The van der Waals surface area contributed by atoms with Crippen molar-refractivity contribution >= 4 is 5.97 Å². The summed E-state index contributed by atoms with van der Waals surface area (Å²) in [6, 6.07) is 0. The van der Waals surface area contributed by atoms with E-state index in [1.165, 1.54) is 0 Å². The number of hydrogen-bond acceptors (Lipinski definition) is 14. The zero-order valence-electron chi connectivity index (χ0n) is 37.8. The lowest BCUT2D eigenvalue weighted by molar-refractivity contribution is -0.340. The van der Waals surface area contributed by atoms with Crippen LogP contribution in [0, 0.1) is 23.7 Å². The number of rotatable bonds is 7. The number of methoxy groups -OCH3 is 2. The predicted molar refractivity (Wildman–Crippen MR) is 223 cm³/mol. The standard InChI is InChI=1S/C47H72O14/c1-24(2)41-27(5)16-17-46(61-41)22-33-19-32(60-46)15-14-26(4)42(25(3)12-11-13-31-23-54-44-39(48)28(6)18-34(45(50)57-33)47(31,44)51)58-38-21-36(53-10)43(30(8)56-38)59-37-20-35(52-9)40(49)29(7)55-37/h11-14,18,24-25,27,29-30,32-44,48-49,51H,15-17,19-23H2,1-10H3/t25-,27-,29-,30-,32+,33-,34?,35-,36-,37-,38-,39+,40-,41+,42-,43-,44+,46+,47+/m0/s1. The highest BCUT2D eigenvalue weighted by Gasteiger charge is 2.60. The van der Waals surface area contributed by atoms with Gasteiger partial charge in [0.15, 0.2) is 18.4 Å². The third kappa shape index (κ3) is 9.67. The molecule has 14 heteroatoms. The van der Waals surface area contributed by atoms with Crippen LogP contribution in [0.3, 0.4) is 0 Å². The molecule has 7 aliphatic rings. The summed E-state index contributed by atoms with van der Waals surface area (Å²) in [4.78, 5) is 14.3. The van der Waals surface area contributed by atoms with Crippen molar-refractivity contribution in [3.8, 4) is 0 Å². The Bertz CT molecular complexity index is 1660. The van der Waals surface area contributed by atoms with Crippen LogP contribution < -0.4 is 0 Å². The summed E-state index contributed by atoms with van der Waals surface area (Å²) in [7, 11) is 3.22. The Morgan fingerprint density at radius 2 is 1.59 bits per heavy atom. The minimum absolute atomic E-state index is 0.0210. The Labute approximate surface area is 361 Å². The zero-order chi connectivity index (χ0) is 44.0. The molecular weight excluding hydrogens is 789 g/mol. The molecule has 2 bridgehead atoms. The summed E-state index contributed by atoms with van der Waals surface area (Å²) in [5.74, 6) is -2.15. The molecule has 19 atom stereocenters. The number of hydrogen-bond donors (Lipinski definition) is 3. The first-order chi connectivity index (χ1) is 29.0. The molecule has 5 fully saturated rings. The summed E-state index contributed by atoms with van der Waals surface area (Å²) in [5, 5.41) is 34.2. The quantitative estimate of drug-likeness (QED) is 0.225. The maximum Gasteiger partial charge on any atom is 0.316 e. The number of aliphatic hydroxyl groups is 3. The van der Waals surface area contributed by atoms with Crippen molar-refractivity contribution in [2.45, 2.75) is 198 Å². The summed E-state index contributed by atoms with van der Waals surface area (Å²) in [5.41, 5.74) is 0.184. The highest BCUT2D eigenvalue weighted by Crippen LogP contribution is 2.48. The Morgan fingerprint density at radius 3 is 2.31 bits per heavy atom. The van der Waals surface area contributed by atoms with Crippen LogP contribution in [0.2, 0.25) is 0 Å². The van der Waals surface area contributed by atoms with Gasteiger partial charge < -0.3 is 62.7 Å². The van der Waals surface area contributed by atoms with Crippen LogP contribution in [-0.2, 0) is 52.2 Å². The molecule has 344 valence electrons.